The molecule has 1 aliphatic rings. The Morgan fingerprint density at radius 2 is 2.29 bits per heavy atom. The summed E-state index contributed by atoms with van der Waals surface area (Å²) in [7, 11) is -1.65. The lowest BCUT2D eigenvalue weighted by atomic mass is 10.3. The molecule has 0 fully saturated rings. The van der Waals surface area contributed by atoms with Crippen molar-refractivity contribution < 1.29 is 9.13 Å². The maximum absolute atomic E-state index is 11.5. The molecular weight excluding hydrogens is 228 g/mol. The standard InChI is InChI=1S/C7H3ClN2O3S/c8-7-6(10(11)12)5-4(14(7)13)2-1-3-9-5/h1-3H. The maximum Gasteiger partial charge on any atom is 0.323 e. The number of nitrogens with zero attached hydrogens (tertiary/aromatic N) is 2. The summed E-state index contributed by atoms with van der Waals surface area (Å²) in [6, 6.07) is 3.07. The molecular formula is C7H3ClN2O3S. The molecule has 1 unspecified atom stereocenters. The van der Waals surface area contributed by atoms with E-state index in [1.54, 1.807) is 6.07 Å². The lowest BCUT2D eigenvalue weighted by Crippen LogP contribution is -1.98. The van der Waals surface area contributed by atoms with Gasteiger partial charge in [0.2, 0.25) is 0 Å². The van der Waals surface area contributed by atoms with Gasteiger partial charge in [-0.15, -0.1) is 0 Å². The van der Waals surface area contributed by atoms with Gasteiger partial charge in [0.25, 0.3) is 0 Å². The molecule has 1 aromatic heterocycles. The Bertz CT molecular complexity index is 486. The van der Waals surface area contributed by atoms with Gasteiger partial charge in [0.05, 0.1) is 9.82 Å². The smallest absolute Gasteiger partial charge is 0.258 e. The fraction of sp³-hybridized carbons (Fsp3) is 0. The summed E-state index contributed by atoms with van der Waals surface area (Å²) >= 11 is 5.59. The molecule has 0 aliphatic carbocycles. The van der Waals surface area contributed by atoms with Crippen LogP contribution in [-0.2, 0) is 10.8 Å². The molecule has 2 rings (SSSR count). The Hall–Kier alpha value is -1.27. The Morgan fingerprint density at radius 3 is 2.93 bits per heavy atom. The predicted octanol–water partition coefficient (Wildman–Crippen LogP) is 1.34. The van der Waals surface area contributed by atoms with Crippen molar-refractivity contribution in [2.75, 3.05) is 0 Å². The minimum absolute atomic E-state index is 0.0980. The largest absolute Gasteiger partial charge is 0.323 e. The summed E-state index contributed by atoms with van der Waals surface area (Å²) in [6.07, 6.45) is 1.40. The van der Waals surface area contributed by atoms with Gasteiger partial charge >= 0.3 is 5.70 Å². The molecule has 1 aromatic rings. The predicted molar refractivity (Wildman–Crippen MR) is 50.4 cm³/mol. The molecule has 0 spiro atoms. The van der Waals surface area contributed by atoms with Crippen LogP contribution in [0, 0.1) is 10.1 Å². The zero-order chi connectivity index (χ0) is 10.3. The monoisotopic (exact) mass is 230 g/mol. The summed E-state index contributed by atoms with van der Waals surface area (Å²) in [5.74, 6) is 0. The van der Waals surface area contributed by atoms with Crippen LogP contribution in [0.5, 0.6) is 0 Å². The van der Waals surface area contributed by atoms with Gasteiger partial charge in [0.1, 0.15) is 10.8 Å². The Kier molecular flexibility index (Phi) is 2.09. The van der Waals surface area contributed by atoms with E-state index in [1.165, 1.54) is 12.3 Å². The number of rotatable bonds is 1. The van der Waals surface area contributed by atoms with Crippen LogP contribution in [0.3, 0.4) is 0 Å². The van der Waals surface area contributed by atoms with Crippen molar-refractivity contribution in [1.29, 1.82) is 0 Å². The van der Waals surface area contributed by atoms with Crippen LogP contribution in [0.15, 0.2) is 27.6 Å². The zero-order valence-electron chi connectivity index (χ0n) is 6.64. The van der Waals surface area contributed by atoms with Gasteiger partial charge in [-0.1, -0.05) is 11.6 Å². The SMILES string of the molecule is O=[N+]([O-])C1=C(Cl)S(=O)c2cccnc21. The quantitative estimate of drug-likeness (QED) is 0.539. The van der Waals surface area contributed by atoms with Gasteiger partial charge < -0.3 is 0 Å². The molecule has 0 amide bonds. The highest BCUT2D eigenvalue weighted by molar-refractivity contribution is 7.91. The van der Waals surface area contributed by atoms with Gasteiger partial charge in [-0.2, -0.15) is 0 Å². The fourth-order valence-electron chi connectivity index (χ4n) is 1.15. The Balaban J connectivity index is 2.73. The third kappa shape index (κ3) is 1.15. The lowest BCUT2D eigenvalue weighted by molar-refractivity contribution is -0.375. The van der Waals surface area contributed by atoms with Crippen LogP contribution in [0.4, 0.5) is 0 Å². The molecule has 0 saturated carbocycles. The van der Waals surface area contributed by atoms with Crippen LogP contribution in [0.25, 0.3) is 5.70 Å². The summed E-state index contributed by atoms with van der Waals surface area (Å²) < 4.78 is 11.2. The van der Waals surface area contributed by atoms with Crippen molar-refractivity contribution in [2.24, 2.45) is 0 Å². The highest BCUT2D eigenvalue weighted by Crippen LogP contribution is 2.36. The average molecular weight is 231 g/mol. The van der Waals surface area contributed by atoms with E-state index in [1.807, 2.05) is 0 Å². The van der Waals surface area contributed by atoms with E-state index in [0.717, 1.165) is 0 Å². The number of hydrogen-bond acceptors (Lipinski definition) is 4. The Labute approximate surface area is 86.0 Å². The molecule has 14 heavy (non-hydrogen) atoms. The van der Waals surface area contributed by atoms with Crippen molar-refractivity contribution in [2.45, 2.75) is 4.90 Å². The van der Waals surface area contributed by atoms with E-state index in [4.69, 9.17) is 11.6 Å². The molecule has 0 bridgehead atoms. The third-order valence-corrected chi connectivity index (χ3v) is 3.57. The first-order valence-corrected chi connectivity index (χ1v) is 5.07. The van der Waals surface area contributed by atoms with E-state index in [2.05, 4.69) is 4.98 Å². The average Bonchev–Trinajstić information content (AvgIpc) is 2.41. The van der Waals surface area contributed by atoms with E-state index < -0.39 is 15.7 Å². The van der Waals surface area contributed by atoms with Gasteiger partial charge in [-0.05, 0) is 12.1 Å². The van der Waals surface area contributed by atoms with Gasteiger partial charge in [0, 0.05) is 6.20 Å². The number of aromatic nitrogens is 1. The van der Waals surface area contributed by atoms with Crippen molar-refractivity contribution in [1.82, 2.24) is 4.98 Å². The first-order valence-electron chi connectivity index (χ1n) is 3.54. The second-order valence-electron chi connectivity index (χ2n) is 2.50. The van der Waals surface area contributed by atoms with Gasteiger partial charge in [0.15, 0.2) is 10.1 Å². The third-order valence-electron chi connectivity index (χ3n) is 1.73. The molecule has 1 aliphatic heterocycles. The van der Waals surface area contributed by atoms with Gasteiger partial charge in [-0.25, -0.2) is 9.19 Å². The zero-order valence-corrected chi connectivity index (χ0v) is 8.21. The van der Waals surface area contributed by atoms with Crippen molar-refractivity contribution in [3.8, 4) is 0 Å². The number of pyridine rings is 1. The van der Waals surface area contributed by atoms with Crippen LogP contribution in [0.2, 0.25) is 0 Å². The fourth-order valence-corrected chi connectivity index (χ4v) is 2.63. The minimum atomic E-state index is -1.65. The maximum atomic E-state index is 11.5. The second-order valence-corrected chi connectivity index (χ2v) is 4.49. The highest BCUT2D eigenvalue weighted by atomic mass is 35.5. The number of halogens is 1. The topological polar surface area (TPSA) is 73.1 Å². The first kappa shape index (κ1) is 9.29. The molecule has 72 valence electrons. The van der Waals surface area contributed by atoms with E-state index in [9.17, 15) is 14.3 Å². The van der Waals surface area contributed by atoms with Crippen LogP contribution < -0.4 is 0 Å². The van der Waals surface area contributed by atoms with Crippen LogP contribution >= 0.6 is 11.6 Å². The molecule has 0 saturated heterocycles. The molecule has 2 heterocycles. The summed E-state index contributed by atoms with van der Waals surface area (Å²) in [6.45, 7) is 0. The molecule has 7 heteroatoms. The number of nitro groups is 1. The van der Waals surface area contributed by atoms with Gasteiger partial charge in [-0.3, -0.25) is 10.1 Å². The number of fused-ring (bicyclic) bond motifs is 1. The summed E-state index contributed by atoms with van der Waals surface area (Å²) in [5, 5.41) is 10.6. The second kappa shape index (κ2) is 3.14. The van der Waals surface area contributed by atoms with Crippen molar-refractivity contribution in [3.05, 3.63) is 38.5 Å². The van der Waals surface area contributed by atoms with E-state index in [0.29, 0.717) is 4.90 Å². The first-order chi connectivity index (χ1) is 6.63. The highest BCUT2D eigenvalue weighted by Gasteiger charge is 2.37. The summed E-state index contributed by atoms with van der Waals surface area (Å²) in [5.41, 5.74) is -0.263. The van der Waals surface area contributed by atoms with E-state index in [-0.39, 0.29) is 15.8 Å². The molecule has 1 atom stereocenters. The van der Waals surface area contributed by atoms with E-state index >= 15 is 0 Å². The van der Waals surface area contributed by atoms with Crippen LogP contribution in [0.1, 0.15) is 5.69 Å². The normalized spacial score (nSPS) is 19.6. The molecule has 0 aromatic carbocycles. The van der Waals surface area contributed by atoms with Crippen LogP contribution in [-0.4, -0.2) is 14.1 Å². The van der Waals surface area contributed by atoms with Crippen molar-refractivity contribution in [3.63, 3.8) is 0 Å². The molecule has 0 radical (unpaired) electrons. The number of hydrogen-bond donors (Lipinski definition) is 0. The summed E-state index contributed by atoms with van der Waals surface area (Å²) in [4.78, 5) is 14.0. The van der Waals surface area contributed by atoms with Crippen molar-refractivity contribution >= 4 is 28.1 Å². The Morgan fingerprint density at radius 1 is 1.57 bits per heavy atom. The lowest BCUT2D eigenvalue weighted by Gasteiger charge is -1.93. The molecule has 0 N–H and O–H groups in total. The molecule has 5 nitrogen and oxygen atoms in total. The minimum Gasteiger partial charge on any atom is -0.258 e.